The van der Waals surface area contributed by atoms with Crippen LogP contribution in [0.15, 0.2) is 11.2 Å². The van der Waals surface area contributed by atoms with Crippen molar-refractivity contribution in [3.8, 4) is 0 Å². The van der Waals surface area contributed by atoms with Crippen molar-refractivity contribution in [1.82, 2.24) is 30.2 Å². The lowest BCUT2D eigenvalue weighted by Gasteiger charge is -2.18. The smallest absolute Gasteiger partial charge is 0.354 e. The molecule has 0 amide bonds. The zero-order chi connectivity index (χ0) is 20.4. The maximum atomic E-state index is 13.0. The van der Waals surface area contributed by atoms with Crippen LogP contribution in [-0.4, -0.2) is 38.6 Å². The van der Waals surface area contributed by atoms with E-state index in [4.69, 9.17) is 0 Å². The first-order valence-electron chi connectivity index (χ1n) is 8.58. The normalized spacial score (nSPS) is 13.7. The Labute approximate surface area is 156 Å². The molecule has 2 N–H and O–H groups in total. The molecule has 0 aliphatic heterocycles. The van der Waals surface area contributed by atoms with Crippen LogP contribution < -0.4 is 10.6 Å². The van der Waals surface area contributed by atoms with E-state index in [0.29, 0.717) is 5.96 Å². The molecule has 1 atom stereocenters. The monoisotopic (exact) mass is 385 g/mol. The van der Waals surface area contributed by atoms with Gasteiger partial charge in [-0.1, -0.05) is 0 Å². The van der Waals surface area contributed by atoms with Crippen molar-refractivity contribution < 1.29 is 13.2 Å². The van der Waals surface area contributed by atoms with Crippen LogP contribution in [0.5, 0.6) is 0 Å². The van der Waals surface area contributed by atoms with Gasteiger partial charge in [-0.15, -0.1) is 0 Å². The number of hydrogen-bond donors (Lipinski definition) is 2. The lowest BCUT2D eigenvalue weighted by Crippen LogP contribution is -2.43. The van der Waals surface area contributed by atoms with Gasteiger partial charge in [-0.05, 0) is 32.8 Å². The molecule has 0 spiro atoms. The molecular formula is C17H26F3N7. The molecular weight excluding hydrogens is 359 g/mol. The van der Waals surface area contributed by atoms with E-state index in [-0.39, 0.29) is 18.2 Å². The Bertz CT molecular complexity index is 817. The molecule has 1 unspecified atom stereocenters. The summed E-state index contributed by atoms with van der Waals surface area (Å²) in [5.41, 5.74) is 2.40. The molecule has 10 heteroatoms. The van der Waals surface area contributed by atoms with E-state index in [1.54, 1.807) is 7.05 Å². The van der Waals surface area contributed by atoms with Crippen molar-refractivity contribution in [3.05, 3.63) is 34.4 Å². The predicted molar refractivity (Wildman–Crippen MR) is 97.4 cm³/mol. The minimum absolute atomic E-state index is 0.0220. The van der Waals surface area contributed by atoms with E-state index in [2.05, 4.69) is 25.8 Å². The number of aryl methyl sites for hydroxylation is 3. The fraction of sp³-hybridized carbons (Fsp3) is 0.588. The number of rotatable bonds is 5. The maximum Gasteiger partial charge on any atom is 0.435 e. The van der Waals surface area contributed by atoms with Crippen molar-refractivity contribution in [2.45, 2.75) is 46.0 Å². The Morgan fingerprint density at radius 1 is 1.26 bits per heavy atom. The quantitative estimate of drug-likeness (QED) is 0.611. The molecule has 2 rings (SSSR count). The van der Waals surface area contributed by atoms with Gasteiger partial charge in [-0.25, -0.2) is 0 Å². The number of alkyl halides is 3. The third-order valence-corrected chi connectivity index (χ3v) is 4.40. The van der Waals surface area contributed by atoms with Crippen LogP contribution in [-0.2, 0) is 33.2 Å². The summed E-state index contributed by atoms with van der Waals surface area (Å²) < 4.78 is 42.1. The minimum Gasteiger partial charge on any atom is -0.354 e. The highest BCUT2D eigenvalue weighted by atomic mass is 19.4. The Morgan fingerprint density at radius 3 is 2.44 bits per heavy atom. The second kappa shape index (κ2) is 8.01. The van der Waals surface area contributed by atoms with E-state index in [1.807, 2.05) is 32.5 Å². The van der Waals surface area contributed by atoms with Crippen LogP contribution in [0.3, 0.4) is 0 Å². The number of nitrogens with zero attached hydrogens (tertiary/aromatic N) is 5. The number of aromatic nitrogens is 4. The van der Waals surface area contributed by atoms with Crippen LogP contribution in [0.1, 0.15) is 35.1 Å². The average Bonchev–Trinajstić information content (AvgIpc) is 3.06. The van der Waals surface area contributed by atoms with E-state index in [1.165, 1.54) is 13.2 Å². The molecule has 0 saturated heterocycles. The first-order chi connectivity index (χ1) is 12.5. The van der Waals surface area contributed by atoms with E-state index >= 15 is 0 Å². The van der Waals surface area contributed by atoms with Crippen LogP contribution in [0, 0.1) is 13.8 Å². The minimum atomic E-state index is -4.49. The summed E-state index contributed by atoms with van der Waals surface area (Å²) in [4.78, 5) is 4.10. The number of guanidine groups is 1. The highest BCUT2D eigenvalue weighted by Gasteiger charge is 2.36. The third kappa shape index (κ3) is 5.01. The summed E-state index contributed by atoms with van der Waals surface area (Å²) in [5.74, 6) is 0.429. The van der Waals surface area contributed by atoms with Crippen molar-refractivity contribution in [3.63, 3.8) is 0 Å². The van der Waals surface area contributed by atoms with Gasteiger partial charge in [-0.2, -0.15) is 23.4 Å². The maximum absolute atomic E-state index is 13.0. The van der Waals surface area contributed by atoms with E-state index < -0.39 is 11.9 Å². The summed E-state index contributed by atoms with van der Waals surface area (Å²) in [5, 5.41) is 14.0. The lowest BCUT2D eigenvalue weighted by atomic mass is 10.1. The largest absolute Gasteiger partial charge is 0.435 e. The van der Waals surface area contributed by atoms with Gasteiger partial charge in [-0.3, -0.25) is 14.4 Å². The van der Waals surface area contributed by atoms with Gasteiger partial charge < -0.3 is 10.6 Å². The molecule has 0 aliphatic rings. The highest BCUT2D eigenvalue weighted by Crippen LogP contribution is 2.30. The number of halogens is 3. The molecule has 2 aromatic rings. The molecule has 2 aromatic heterocycles. The Kier molecular flexibility index (Phi) is 6.17. The average molecular weight is 385 g/mol. The molecule has 7 nitrogen and oxygen atoms in total. The Morgan fingerprint density at radius 2 is 1.93 bits per heavy atom. The summed E-state index contributed by atoms with van der Waals surface area (Å²) >= 11 is 0. The fourth-order valence-electron chi connectivity index (χ4n) is 2.98. The van der Waals surface area contributed by atoms with Gasteiger partial charge in [0.25, 0.3) is 0 Å². The molecule has 0 aliphatic carbocycles. The van der Waals surface area contributed by atoms with Gasteiger partial charge in [0.15, 0.2) is 11.7 Å². The summed E-state index contributed by atoms with van der Waals surface area (Å²) in [6.45, 7) is 5.93. The molecule has 0 radical (unpaired) electrons. The van der Waals surface area contributed by atoms with Crippen LogP contribution >= 0.6 is 0 Å². The van der Waals surface area contributed by atoms with Crippen molar-refractivity contribution in [2.24, 2.45) is 19.1 Å². The zero-order valence-corrected chi connectivity index (χ0v) is 16.4. The predicted octanol–water partition coefficient (Wildman–Crippen LogP) is 2.09. The Balaban J connectivity index is 2.00. The lowest BCUT2D eigenvalue weighted by molar-refractivity contribution is -0.142. The highest BCUT2D eigenvalue weighted by molar-refractivity contribution is 5.80. The zero-order valence-electron chi connectivity index (χ0n) is 16.4. The van der Waals surface area contributed by atoms with Crippen LogP contribution in [0.2, 0.25) is 0 Å². The van der Waals surface area contributed by atoms with Gasteiger partial charge >= 0.3 is 6.18 Å². The third-order valence-electron chi connectivity index (χ3n) is 4.40. The molecule has 150 valence electrons. The summed E-state index contributed by atoms with van der Waals surface area (Å²) in [6, 6.07) is 0.0220. The topological polar surface area (TPSA) is 72.1 Å². The van der Waals surface area contributed by atoms with E-state index in [0.717, 1.165) is 28.1 Å². The second-order valence-electron chi connectivity index (χ2n) is 6.62. The van der Waals surface area contributed by atoms with Crippen molar-refractivity contribution >= 4 is 5.96 Å². The molecule has 27 heavy (non-hydrogen) atoms. The number of aliphatic imine (C=N–C) groups is 1. The standard InChI is InChI=1S/C17H26F3N7/c1-10(7-14-11(2)24-27(6)12(14)3)23-16(21-4)22-8-13-9-26(5)25-15(13)17(18,19)20/h9-10H,7-8H2,1-6H3,(H2,21,22,23). The first kappa shape index (κ1) is 20.8. The summed E-state index contributed by atoms with van der Waals surface area (Å²) in [6.07, 6.45) is -2.40. The molecule has 0 bridgehead atoms. The number of hydrogen-bond acceptors (Lipinski definition) is 3. The fourth-order valence-corrected chi connectivity index (χ4v) is 2.98. The van der Waals surface area contributed by atoms with Crippen LogP contribution in [0.4, 0.5) is 13.2 Å². The number of nitrogens with one attached hydrogen (secondary N) is 2. The van der Waals surface area contributed by atoms with Gasteiger partial charge in [0.2, 0.25) is 0 Å². The van der Waals surface area contributed by atoms with Crippen LogP contribution in [0.25, 0.3) is 0 Å². The van der Waals surface area contributed by atoms with Gasteiger partial charge in [0.1, 0.15) is 0 Å². The Hall–Kier alpha value is -2.52. The second-order valence-corrected chi connectivity index (χ2v) is 6.62. The SMILES string of the molecule is CN=C(NCc1cn(C)nc1C(F)(F)F)NC(C)Cc1c(C)nn(C)c1C. The van der Waals surface area contributed by atoms with Gasteiger partial charge in [0, 0.05) is 51.2 Å². The molecule has 2 heterocycles. The van der Waals surface area contributed by atoms with Crippen molar-refractivity contribution in [2.75, 3.05) is 7.05 Å². The first-order valence-corrected chi connectivity index (χ1v) is 8.58. The molecule has 0 aromatic carbocycles. The molecule has 0 saturated carbocycles. The van der Waals surface area contributed by atoms with E-state index in [9.17, 15) is 13.2 Å². The summed E-state index contributed by atoms with van der Waals surface area (Å²) in [7, 11) is 4.94. The van der Waals surface area contributed by atoms with Gasteiger partial charge in [0.05, 0.1) is 5.69 Å². The molecule has 0 fully saturated rings. The van der Waals surface area contributed by atoms with Crippen molar-refractivity contribution in [1.29, 1.82) is 0 Å².